The van der Waals surface area contributed by atoms with Gasteiger partial charge in [-0.15, -0.1) is 0 Å². The van der Waals surface area contributed by atoms with Crippen LogP contribution in [0.1, 0.15) is 16.1 Å². The molecule has 0 aliphatic carbocycles. The number of hydrogen-bond donors (Lipinski definition) is 0. The summed E-state index contributed by atoms with van der Waals surface area (Å²) in [5.74, 6) is 0.837. The van der Waals surface area contributed by atoms with Gasteiger partial charge in [-0.1, -0.05) is 17.7 Å². The minimum atomic E-state index is 0.462. The van der Waals surface area contributed by atoms with Gasteiger partial charge in [0.15, 0.2) is 6.29 Å². The van der Waals surface area contributed by atoms with Gasteiger partial charge in [0.1, 0.15) is 5.76 Å². The normalized spacial score (nSPS) is 10.2. The van der Waals surface area contributed by atoms with Crippen molar-refractivity contribution >= 4 is 23.6 Å². The van der Waals surface area contributed by atoms with Crippen molar-refractivity contribution in [3.63, 3.8) is 0 Å². The maximum atomic E-state index is 11.0. The van der Waals surface area contributed by atoms with Crippen LogP contribution in [0.25, 0.3) is 0 Å². The molecular weight excluding hydrogens is 238 g/mol. The molecule has 2 aromatic rings. The van der Waals surface area contributed by atoms with Crippen LogP contribution in [0.4, 0.5) is 5.69 Å². The van der Waals surface area contributed by atoms with Crippen LogP contribution in [-0.2, 0) is 6.54 Å². The molecule has 4 heteroatoms. The van der Waals surface area contributed by atoms with E-state index < -0.39 is 0 Å². The van der Waals surface area contributed by atoms with Crippen molar-refractivity contribution in [3.05, 3.63) is 52.9 Å². The fourth-order valence-electron chi connectivity index (χ4n) is 1.70. The number of benzene rings is 1. The zero-order valence-corrected chi connectivity index (χ0v) is 10.1. The second kappa shape index (κ2) is 5.06. The third-order valence-corrected chi connectivity index (χ3v) is 2.86. The Labute approximate surface area is 105 Å². The molecule has 3 nitrogen and oxygen atoms in total. The molecule has 0 spiro atoms. The molecule has 2 rings (SSSR count). The fraction of sp³-hybridized carbons (Fsp3) is 0.154. The summed E-state index contributed by atoms with van der Waals surface area (Å²) < 4.78 is 5.27. The van der Waals surface area contributed by atoms with Crippen molar-refractivity contribution in [2.45, 2.75) is 6.54 Å². The highest BCUT2D eigenvalue weighted by Gasteiger charge is 2.11. The monoisotopic (exact) mass is 249 g/mol. The van der Waals surface area contributed by atoms with Crippen molar-refractivity contribution < 1.29 is 9.21 Å². The first-order valence-electron chi connectivity index (χ1n) is 5.19. The van der Waals surface area contributed by atoms with Crippen molar-refractivity contribution in [1.82, 2.24) is 0 Å². The molecule has 0 bridgehead atoms. The standard InChI is InChI=1S/C13H12ClNO2/c1-15(8-10-4-3-7-17-10)13-6-2-5-12(14)11(13)9-16/h2-7,9H,8H2,1H3. The number of furan rings is 1. The van der Waals surface area contributed by atoms with Crippen LogP contribution in [0.3, 0.4) is 0 Å². The number of halogens is 1. The fourth-order valence-corrected chi connectivity index (χ4v) is 1.91. The molecule has 0 saturated carbocycles. The Bertz CT molecular complexity index is 508. The number of carbonyl (C=O) groups excluding carboxylic acids is 1. The third kappa shape index (κ3) is 2.50. The number of hydrogen-bond acceptors (Lipinski definition) is 3. The van der Waals surface area contributed by atoms with E-state index in [0.717, 1.165) is 17.7 Å². The second-order valence-corrected chi connectivity index (χ2v) is 4.13. The van der Waals surface area contributed by atoms with E-state index in [1.54, 1.807) is 12.3 Å². The number of anilines is 1. The first-order chi connectivity index (χ1) is 8.22. The quantitative estimate of drug-likeness (QED) is 0.779. The average Bonchev–Trinajstić information content (AvgIpc) is 2.81. The molecule has 0 fully saturated rings. The maximum Gasteiger partial charge on any atom is 0.153 e. The molecule has 88 valence electrons. The highest BCUT2D eigenvalue weighted by molar-refractivity contribution is 6.33. The van der Waals surface area contributed by atoms with Crippen LogP contribution in [0, 0.1) is 0 Å². The summed E-state index contributed by atoms with van der Waals surface area (Å²) in [7, 11) is 1.89. The number of aldehydes is 1. The van der Waals surface area contributed by atoms with Crippen molar-refractivity contribution in [2.75, 3.05) is 11.9 Å². The Kier molecular flexibility index (Phi) is 3.49. The Morgan fingerprint density at radius 2 is 2.18 bits per heavy atom. The van der Waals surface area contributed by atoms with Gasteiger partial charge in [0.05, 0.1) is 23.4 Å². The number of rotatable bonds is 4. The van der Waals surface area contributed by atoms with E-state index in [2.05, 4.69) is 0 Å². The molecule has 0 atom stereocenters. The van der Waals surface area contributed by atoms with E-state index in [4.69, 9.17) is 16.0 Å². The maximum absolute atomic E-state index is 11.0. The van der Waals surface area contributed by atoms with Gasteiger partial charge in [-0.2, -0.15) is 0 Å². The van der Waals surface area contributed by atoms with Crippen molar-refractivity contribution in [3.8, 4) is 0 Å². The van der Waals surface area contributed by atoms with Gasteiger partial charge < -0.3 is 9.32 Å². The molecule has 1 aromatic heterocycles. The van der Waals surface area contributed by atoms with Crippen molar-refractivity contribution in [1.29, 1.82) is 0 Å². The molecule has 0 radical (unpaired) electrons. The van der Waals surface area contributed by atoms with Gasteiger partial charge >= 0.3 is 0 Å². The van der Waals surface area contributed by atoms with E-state index in [1.165, 1.54) is 0 Å². The Morgan fingerprint density at radius 3 is 2.82 bits per heavy atom. The first kappa shape index (κ1) is 11.7. The van der Waals surface area contributed by atoms with Crippen LogP contribution in [-0.4, -0.2) is 13.3 Å². The van der Waals surface area contributed by atoms with Gasteiger partial charge in [-0.3, -0.25) is 4.79 Å². The van der Waals surface area contributed by atoms with Crippen LogP contribution in [0.5, 0.6) is 0 Å². The smallest absolute Gasteiger partial charge is 0.153 e. The molecule has 0 amide bonds. The van der Waals surface area contributed by atoms with Gasteiger partial charge in [0.25, 0.3) is 0 Å². The summed E-state index contributed by atoms with van der Waals surface area (Å²) >= 11 is 5.97. The Balaban J connectivity index is 2.27. The molecule has 0 N–H and O–H groups in total. The van der Waals surface area contributed by atoms with E-state index in [9.17, 15) is 4.79 Å². The highest BCUT2D eigenvalue weighted by Crippen LogP contribution is 2.26. The molecule has 0 saturated heterocycles. The number of nitrogens with zero attached hydrogens (tertiary/aromatic N) is 1. The predicted octanol–water partition coefficient (Wildman–Crippen LogP) is 3.38. The van der Waals surface area contributed by atoms with E-state index >= 15 is 0 Å². The lowest BCUT2D eigenvalue weighted by molar-refractivity contribution is 0.112. The molecule has 0 aliphatic rings. The number of carbonyl (C=O) groups is 1. The topological polar surface area (TPSA) is 33.5 Å². The van der Waals surface area contributed by atoms with E-state index in [-0.39, 0.29) is 0 Å². The van der Waals surface area contributed by atoms with Crippen LogP contribution in [0.15, 0.2) is 41.0 Å². The van der Waals surface area contributed by atoms with E-state index in [1.807, 2.05) is 36.2 Å². The first-order valence-corrected chi connectivity index (χ1v) is 5.57. The summed E-state index contributed by atoms with van der Waals surface area (Å²) in [5, 5.41) is 0.462. The van der Waals surface area contributed by atoms with Crippen LogP contribution in [0.2, 0.25) is 5.02 Å². The molecule has 1 heterocycles. The largest absolute Gasteiger partial charge is 0.467 e. The molecule has 0 aliphatic heterocycles. The lowest BCUT2D eigenvalue weighted by Crippen LogP contribution is -2.17. The highest BCUT2D eigenvalue weighted by atomic mass is 35.5. The Morgan fingerprint density at radius 1 is 1.35 bits per heavy atom. The Hall–Kier alpha value is -1.74. The summed E-state index contributed by atoms with van der Waals surface area (Å²) in [4.78, 5) is 12.9. The minimum absolute atomic E-state index is 0.462. The zero-order chi connectivity index (χ0) is 12.3. The average molecular weight is 250 g/mol. The summed E-state index contributed by atoms with van der Waals surface area (Å²) in [6.07, 6.45) is 2.40. The molecule has 0 unspecified atom stereocenters. The van der Waals surface area contributed by atoms with Gasteiger partial charge in [-0.25, -0.2) is 0 Å². The third-order valence-electron chi connectivity index (χ3n) is 2.53. The minimum Gasteiger partial charge on any atom is -0.467 e. The summed E-state index contributed by atoms with van der Waals surface area (Å²) in [6, 6.07) is 9.11. The summed E-state index contributed by atoms with van der Waals surface area (Å²) in [5.41, 5.74) is 1.30. The predicted molar refractivity (Wildman–Crippen MR) is 67.7 cm³/mol. The molecule has 17 heavy (non-hydrogen) atoms. The van der Waals surface area contributed by atoms with Gasteiger partial charge in [0, 0.05) is 12.7 Å². The molecule has 1 aromatic carbocycles. The van der Waals surface area contributed by atoms with Gasteiger partial charge in [-0.05, 0) is 24.3 Å². The molecular formula is C13H12ClNO2. The van der Waals surface area contributed by atoms with Crippen LogP contribution >= 0.6 is 11.6 Å². The SMILES string of the molecule is CN(Cc1ccco1)c1cccc(Cl)c1C=O. The lowest BCUT2D eigenvalue weighted by atomic mass is 10.1. The lowest BCUT2D eigenvalue weighted by Gasteiger charge is -2.20. The van der Waals surface area contributed by atoms with Crippen molar-refractivity contribution in [2.24, 2.45) is 0 Å². The summed E-state index contributed by atoms with van der Waals surface area (Å²) in [6.45, 7) is 0.591. The van der Waals surface area contributed by atoms with Gasteiger partial charge in [0.2, 0.25) is 0 Å². The van der Waals surface area contributed by atoms with Crippen LogP contribution < -0.4 is 4.90 Å². The zero-order valence-electron chi connectivity index (χ0n) is 9.39. The van der Waals surface area contributed by atoms with E-state index in [0.29, 0.717) is 17.1 Å². The second-order valence-electron chi connectivity index (χ2n) is 3.73.